The first-order chi connectivity index (χ1) is 15.5. The molecule has 0 unspecified atom stereocenters. The Bertz CT molecular complexity index is 963. The number of nitrogens with one attached hydrogen (secondary N) is 1. The minimum atomic E-state index is -0.830. The lowest BCUT2D eigenvalue weighted by atomic mass is 10.1. The normalized spacial score (nSPS) is 20.9. The van der Waals surface area contributed by atoms with Gasteiger partial charge in [0.25, 0.3) is 5.91 Å². The summed E-state index contributed by atoms with van der Waals surface area (Å²) in [6.45, 7) is 1.59. The van der Waals surface area contributed by atoms with Crippen molar-refractivity contribution in [3.63, 3.8) is 0 Å². The summed E-state index contributed by atoms with van der Waals surface area (Å²) in [6.07, 6.45) is 0.292. The van der Waals surface area contributed by atoms with Gasteiger partial charge in [-0.15, -0.1) is 0 Å². The highest BCUT2D eigenvalue weighted by Gasteiger charge is 2.40. The van der Waals surface area contributed by atoms with Crippen LogP contribution in [0.4, 0.5) is 4.79 Å². The molecule has 0 aliphatic carbocycles. The summed E-state index contributed by atoms with van der Waals surface area (Å²) >= 11 is 0. The van der Waals surface area contributed by atoms with Crippen molar-refractivity contribution >= 4 is 17.8 Å². The van der Waals surface area contributed by atoms with Crippen LogP contribution in [-0.2, 0) is 20.7 Å². The summed E-state index contributed by atoms with van der Waals surface area (Å²) in [5.74, 6) is 0.231. The number of nitrogens with zero attached hydrogens (tertiary/aromatic N) is 2. The fourth-order valence-corrected chi connectivity index (χ4v) is 4.01. The lowest BCUT2D eigenvalue weighted by molar-refractivity contribution is -0.141. The zero-order chi connectivity index (χ0) is 22.5. The minimum Gasteiger partial charge on any atom is -0.497 e. The van der Waals surface area contributed by atoms with Crippen molar-refractivity contribution in [1.82, 2.24) is 15.1 Å². The molecular formula is C24H27N3O5. The Balaban J connectivity index is 1.31. The fraction of sp³-hybridized carbons (Fsp3) is 0.375. The molecule has 4 amide bonds. The first-order valence-corrected chi connectivity index (χ1v) is 10.7. The van der Waals surface area contributed by atoms with E-state index in [9.17, 15) is 14.4 Å². The quantitative estimate of drug-likeness (QED) is 0.671. The molecule has 1 N–H and O–H groups in total. The maximum absolute atomic E-state index is 12.9. The molecule has 2 aromatic carbocycles. The molecule has 2 atom stereocenters. The molecule has 2 aliphatic rings. The van der Waals surface area contributed by atoms with Gasteiger partial charge in [0, 0.05) is 13.1 Å². The number of amides is 4. The van der Waals surface area contributed by atoms with Gasteiger partial charge in [0.15, 0.2) is 0 Å². The third-order valence-electron chi connectivity index (χ3n) is 5.86. The number of methoxy groups -OCH3 is 1. The Labute approximate surface area is 187 Å². The molecule has 2 heterocycles. The van der Waals surface area contributed by atoms with Crippen molar-refractivity contribution in [2.45, 2.75) is 25.0 Å². The summed E-state index contributed by atoms with van der Waals surface area (Å²) in [5, 5.41) is 2.66. The summed E-state index contributed by atoms with van der Waals surface area (Å²) in [6, 6.07) is 16.0. The number of urea groups is 1. The van der Waals surface area contributed by atoms with Crippen LogP contribution >= 0.6 is 0 Å². The van der Waals surface area contributed by atoms with E-state index >= 15 is 0 Å². The summed E-state index contributed by atoms with van der Waals surface area (Å²) < 4.78 is 11.0. The Kier molecular flexibility index (Phi) is 6.70. The highest BCUT2D eigenvalue weighted by atomic mass is 16.5. The highest BCUT2D eigenvalue weighted by molar-refractivity contribution is 6.05. The van der Waals surface area contributed by atoms with Crippen molar-refractivity contribution in [2.75, 3.05) is 33.4 Å². The van der Waals surface area contributed by atoms with Gasteiger partial charge < -0.3 is 19.7 Å². The minimum absolute atomic E-state index is 0.0505. The van der Waals surface area contributed by atoms with Crippen molar-refractivity contribution < 1.29 is 23.9 Å². The van der Waals surface area contributed by atoms with Crippen LogP contribution in [0, 0.1) is 0 Å². The molecule has 8 heteroatoms. The van der Waals surface area contributed by atoms with Crippen LogP contribution in [0.1, 0.15) is 23.7 Å². The topological polar surface area (TPSA) is 88.2 Å². The number of hydrogen-bond donors (Lipinski definition) is 1. The Morgan fingerprint density at radius 1 is 1.12 bits per heavy atom. The SMILES string of the molecule is COc1ccc(CCN2C(=O)N[C@@H](CC(=O)N3CCO[C@H](c4ccccc4)C3)C2=O)cc1. The summed E-state index contributed by atoms with van der Waals surface area (Å²) in [4.78, 5) is 40.9. The molecule has 2 aromatic rings. The third-order valence-corrected chi connectivity index (χ3v) is 5.86. The van der Waals surface area contributed by atoms with E-state index in [1.807, 2.05) is 54.6 Å². The zero-order valence-corrected chi connectivity index (χ0v) is 18.0. The molecule has 2 saturated heterocycles. The van der Waals surface area contributed by atoms with Crippen LogP contribution in [0.25, 0.3) is 0 Å². The van der Waals surface area contributed by atoms with Crippen LogP contribution in [0.15, 0.2) is 54.6 Å². The van der Waals surface area contributed by atoms with Crippen molar-refractivity contribution in [3.05, 3.63) is 65.7 Å². The predicted molar refractivity (Wildman–Crippen MR) is 117 cm³/mol. The van der Waals surface area contributed by atoms with E-state index in [4.69, 9.17) is 9.47 Å². The average molecular weight is 437 g/mol. The molecule has 8 nitrogen and oxygen atoms in total. The largest absolute Gasteiger partial charge is 0.497 e. The number of imide groups is 1. The third kappa shape index (κ3) is 4.91. The molecule has 32 heavy (non-hydrogen) atoms. The summed E-state index contributed by atoms with van der Waals surface area (Å²) in [5.41, 5.74) is 2.01. The monoisotopic (exact) mass is 437 g/mol. The van der Waals surface area contributed by atoms with Gasteiger partial charge in [0.1, 0.15) is 17.9 Å². The smallest absolute Gasteiger partial charge is 0.324 e. The van der Waals surface area contributed by atoms with Gasteiger partial charge in [-0.3, -0.25) is 14.5 Å². The molecular weight excluding hydrogens is 410 g/mol. The van der Waals surface area contributed by atoms with E-state index in [0.29, 0.717) is 26.1 Å². The van der Waals surface area contributed by atoms with E-state index in [1.165, 1.54) is 4.90 Å². The summed E-state index contributed by atoms with van der Waals surface area (Å²) in [7, 11) is 1.60. The first kappa shape index (κ1) is 21.8. The van der Waals surface area contributed by atoms with Crippen LogP contribution in [0.5, 0.6) is 5.75 Å². The number of carbonyl (C=O) groups is 3. The van der Waals surface area contributed by atoms with Gasteiger partial charge in [-0.25, -0.2) is 4.79 Å². The molecule has 2 fully saturated rings. The number of carbonyl (C=O) groups excluding carboxylic acids is 3. The molecule has 0 aromatic heterocycles. The van der Waals surface area contributed by atoms with Crippen molar-refractivity contribution in [1.29, 1.82) is 0 Å². The Morgan fingerprint density at radius 2 is 1.88 bits per heavy atom. The van der Waals surface area contributed by atoms with Gasteiger partial charge in [-0.05, 0) is 29.7 Å². The molecule has 0 spiro atoms. The molecule has 0 saturated carbocycles. The zero-order valence-electron chi connectivity index (χ0n) is 18.0. The Morgan fingerprint density at radius 3 is 2.59 bits per heavy atom. The van der Waals surface area contributed by atoms with Crippen LogP contribution in [-0.4, -0.2) is 67.0 Å². The van der Waals surface area contributed by atoms with Crippen LogP contribution in [0.3, 0.4) is 0 Å². The number of benzene rings is 2. The fourth-order valence-electron chi connectivity index (χ4n) is 4.01. The second-order valence-electron chi connectivity index (χ2n) is 7.90. The predicted octanol–water partition coefficient (Wildman–Crippen LogP) is 2.15. The number of ether oxygens (including phenoxy) is 2. The average Bonchev–Trinajstić information content (AvgIpc) is 3.10. The first-order valence-electron chi connectivity index (χ1n) is 10.7. The van der Waals surface area contributed by atoms with E-state index in [-0.39, 0.29) is 30.9 Å². The molecule has 0 radical (unpaired) electrons. The van der Waals surface area contributed by atoms with Crippen LogP contribution < -0.4 is 10.1 Å². The highest BCUT2D eigenvalue weighted by Crippen LogP contribution is 2.23. The van der Waals surface area contributed by atoms with E-state index in [0.717, 1.165) is 16.9 Å². The van der Waals surface area contributed by atoms with Gasteiger partial charge in [0.2, 0.25) is 5.91 Å². The van der Waals surface area contributed by atoms with Gasteiger partial charge >= 0.3 is 6.03 Å². The van der Waals surface area contributed by atoms with E-state index in [1.54, 1.807) is 12.0 Å². The van der Waals surface area contributed by atoms with Crippen LogP contribution in [0.2, 0.25) is 0 Å². The van der Waals surface area contributed by atoms with Gasteiger partial charge in [-0.1, -0.05) is 42.5 Å². The standard InChI is InChI=1S/C24H27N3O5/c1-31-19-9-7-17(8-10-19)11-12-27-23(29)20(25-24(27)30)15-22(28)26-13-14-32-21(16-26)18-5-3-2-4-6-18/h2-10,20-21H,11-16H2,1H3,(H,25,30)/t20-,21-/m0/s1. The second kappa shape index (κ2) is 9.82. The van der Waals surface area contributed by atoms with Gasteiger partial charge in [-0.2, -0.15) is 0 Å². The molecule has 168 valence electrons. The number of hydrogen-bond acceptors (Lipinski definition) is 5. The lowest BCUT2D eigenvalue weighted by Gasteiger charge is -2.33. The Hall–Kier alpha value is -3.39. The maximum atomic E-state index is 12.9. The van der Waals surface area contributed by atoms with Gasteiger partial charge in [0.05, 0.1) is 26.7 Å². The second-order valence-corrected chi connectivity index (χ2v) is 7.90. The molecule has 4 rings (SSSR count). The molecule has 0 bridgehead atoms. The van der Waals surface area contributed by atoms with Crippen molar-refractivity contribution in [3.8, 4) is 5.75 Å². The lowest BCUT2D eigenvalue weighted by Crippen LogP contribution is -2.45. The number of rotatable bonds is 7. The van der Waals surface area contributed by atoms with E-state index < -0.39 is 12.1 Å². The molecule has 2 aliphatic heterocycles. The van der Waals surface area contributed by atoms with E-state index in [2.05, 4.69) is 5.32 Å². The number of morpholine rings is 1. The maximum Gasteiger partial charge on any atom is 0.324 e. The van der Waals surface area contributed by atoms with Crippen molar-refractivity contribution in [2.24, 2.45) is 0 Å².